The molecular formula is C13H15BrO3. The Labute approximate surface area is 109 Å². The summed E-state index contributed by atoms with van der Waals surface area (Å²) in [4.78, 5) is 12.1. The van der Waals surface area contributed by atoms with Crippen molar-refractivity contribution < 1.29 is 14.3 Å². The third-order valence-electron chi connectivity index (χ3n) is 3.08. The van der Waals surface area contributed by atoms with Crippen LogP contribution in [0.2, 0.25) is 0 Å². The van der Waals surface area contributed by atoms with Gasteiger partial charge in [0.15, 0.2) is 17.3 Å². The molecule has 0 heterocycles. The minimum Gasteiger partial charge on any atom is -0.493 e. The first-order valence-corrected chi connectivity index (χ1v) is 6.45. The molecule has 0 aromatic heterocycles. The number of rotatable bonds is 2. The minimum absolute atomic E-state index is 0.147. The number of ether oxygens (including phenoxy) is 2. The van der Waals surface area contributed by atoms with E-state index in [1.54, 1.807) is 14.2 Å². The Kier molecular flexibility index (Phi) is 3.72. The Balaban J connectivity index is 2.69. The first kappa shape index (κ1) is 12.4. The maximum atomic E-state index is 12.1. The Morgan fingerprint density at radius 2 is 1.88 bits per heavy atom. The highest BCUT2D eigenvalue weighted by Crippen LogP contribution is 2.40. The van der Waals surface area contributed by atoms with Crippen LogP contribution in [0.3, 0.4) is 0 Å². The third kappa shape index (κ3) is 2.18. The fraction of sp³-hybridized carbons (Fsp3) is 0.462. The van der Waals surface area contributed by atoms with Crippen molar-refractivity contribution in [1.29, 1.82) is 0 Å². The summed E-state index contributed by atoms with van der Waals surface area (Å²) in [5, 5.41) is 0. The van der Waals surface area contributed by atoms with Crippen LogP contribution in [0.15, 0.2) is 10.5 Å². The molecule has 1 aliphatic rings. The summed E-state index contributed by atoms with van der Waals surface area (Å²) >= 11 is 3.51. The van der Waals surface area contributed by atoms with E-state index in [1.807, 2.05) is 6.07 Å². The SMILES string of the molecule is COc1cc(Br)c2c(c1OC)C(=O)CCCC2. The van der Waals surface area contributed by atoms with E-state index in [-0.39, 0.29) is 5.78 Å². The number of benzene rings is 1. The monoisotopic (exact) mass is 298 g/mol. The molecule has 2 rings (SSSR count). The molecule has 0 bridgehead atoms. The second kappa shape index (κ2) is 5.08. The standard InChI is InChI=1S/C13H15BrO3/c1-16-11-7-9(14)8-5-3-4-6-10(15)12(8)13(11)17-2/h7H,3-6H2,1-2H3. The van der Waals surface area contributed by atoms with Gasteiger partial charge in [-0.2, -0.15) is 0 Å². The van der Waals surface area contributed by atoms with Crippen molar-refractivity contribution in [2.45, 2.75) is 25.7 Å². The fourth-order valence-corrected chi connectivity index (χ4v) is 2.86. The quantitative estimate of drug-likeness (QED) is 0.785. The first-order valence-electron chi connectivity index (χ1n) is 5.65. The van der Waals surface area contributed by atoms with Crippen LogP contribution < -0.4 is 9.47 Å². The van der Waals surface area contributed by atoms with E-state index in [0.29, 0.717) is 23.5 Å². The number of carbonyl (C=O) groups excluding carboxylic acids is 1. The molecule has 0 atom stereocenters. The van der Waals surface area contributed by atoms with Gasteiger partial charge in [-0.3, -0.25) is 4.79 Å². The molecule has 1 aliphatic carbocycles. The molecule has 1 aromatic rings. The molecular weight excluding hydrogens is 284 g/mol. The average Bonchev–Trinajstić information content (AvgIpc) is 2.52. The van der Waals surface area contributed by atoms with E-state index in [1.165, 1.54) is 0 Å². The number of hydrogen-bond acceptors (Lipinski definition) is 3. The number of carbonyl (C=O) groups is 1. The molecule has 0 radical (unpaired) electrons. The number of methoxy groups -OCH3 is 2. The zero-order valence-electron chi connectivity index (χ0n) is 10.0. The van der Waals surface area contributed by atoms with Crippen LogP contribution >= 0.6 is 15.9 Å². The van der Waals surface area contributed by atoms with Crippen molar-refractivity contribution in [2.75, 3.05) is 14.2 Å². The van der Waals surface area contributed by atoms with E-state index >= 15 is 0 Å². The van der Waals surface area contributed by atoms with Crippen molar-refractivity contribution in [1.82, 2.24) is 0 Å². The Morgan fingerprint density at radius 3 is 2.53 bits per heavy atom. The van der Waals surface area contributed by atoms with Crippen LogP contribution in [-0.2, 0) is 6.42 Å². The van der Waals surface area contributed by atoms with Crippen LogP contribution in [0.5, 0.6) is 11.5 Å². The molecule has 0 fully saturated rings. The lowest BCUT2D eigenvalue weighted by atomic mass is 10.0. The second-order valence-corrected chi connectivity index (χ2v) is 4.93. The molecule has 17 heavy (non-hydrogen) atoms. The predicted molar refractivity (Wildman–Crippen MR) is 69.1 cm³/mol. The molecule has 4 heteroatoms. The molecule has 0 aliphatic heterocycles. The summed E-state index contributed by atoms with van der Waals surface area (Å²) in [6.45, 7) is 0. The molecule has 3 nitrogen and oxygen atoms in total. The summed E-state index contributed by atoms with van der Waals surface area (Å²) in [7, 11) is 3.15. The van der Waals surface area contributed by atoms with Crippen LogP contribution in [0.4, 0.5) is 0 Å². The lowest BCUT2D eigenvalue weighted by Gasteiger charge is -2.16. The van der Waals surface area contributed by atoms with E-state index in [2.05, 4.69) is 15.9 Å². The molecule has 0 N–H and O–H groups in total. The highest BCUT2D eigenvalue weighted by Gasteiger charge is 2.25. The average molecular weight is 299 g/mol. The smallest absolute Gasteiger partial charge is 0.171 e. The van der Waals surface area contributed by atoms with Gasteiger partial charge in [-0.05, 0) is 30.9 Å². The summed E-state index contributed by atoms with van der Waals surface area (Å²) < 4.78 is 11.5. The first-order chi connectivity index (χ1) is 8.19. The zero-order valence-corrected chi connectivity index (χ0v) is 11.6. The summed E-state index contributed by atoms with van der Waals surface area (Å²) in [6, 6.07) is 1.87. The normalized spacial score (nSPS) is 15.1. The van der Waals surface area contributed by atoms with Gasteiger partial charge in [0.25, 0.3) is 0 Å². The second-order valence-electron chi connectivity index (χ2n) is 4.08. The highest BCUT2D eigenvalue weighted by molar-refractivity contribution is 9.10. The Morgan fingerprint density at radius 1 is 1.18 bits per heavy atom. The lowest BCUT2D eigenvalue weighted by Crippen LogP contribution is -2.06. The maximum Gasteiger partial charge on any atom is 0.171 e. The lowest BCUT2D eigenvalue weighted by molar-refractivity contribution is 0.0978. The van der Waals surface area contributed by atoms with E-state index in [0.717, 1.165) is 29.3 Å². The van der Waals surface area contributed by atoms with Gasteiger partial charge < -0.3 is 9.47 Å². The largest absolute Gasteiger partial charge is 0.493 e. The third-order valence-corrected chi connectivity index (χ3v) is 3.79. The van der Waals surface area contributed by atoms with Crippen LogP contribution in [-0.4, -0.2) is 20.0 Å². The van der Waals surface area contributed by atoms with Gasteiger partial charge in [-0.15, -0.1) is 0 Å². The van der Waals surface area contributed by atoms with E-state index in [9.17, 15) is 4.79 Å². The van der Waals surface area contributed by atoms with Gasteiger partial charge in [0.05, 0.1) is 19.8 Å². The topological polar surface area (TPSA) is 35.5 Å². The van der Waals surface area contributed by atoms with Crippen LogP contribution in [0.25, 0.3) is 0 Å². The molecule has 92 valence electrons. The Bertz CT molecular complexity index is 454. The molecule has 0 unspecified atom stereocenters. The van der Waals surface area contributed by atoms with E-state index < -0.39 is 0 Å². The summed E-state index contributed by atoms with van der Waals surface area (Å²) in [6.07, 6.45) is 3.46. The van der Waals surface area contributed by atoms with Gasteiger partial charge in [-0.1, -0.05) is 15.9 Å². The van der Waals surface area contributed by atoms with Crippen molar-refractivity contribution in [2.24, 2.45) is 0 Å². The number of halogens is 1. The fourth-order valence-electron chi connectivity index (χ4n) is 2.25. The van der Waals surface area contributed by atoms with Crippen LogP contribution in [0.1, 0.15) is 35.2 Å². The molecule has 1 aromatic carbocycles. The number of fused-ring (bicyclic) bond motifs is 1. The van der Waals surface area contributed by atoms with Gasteiger partial charge in [0.2, 0.25) is 0 Å². The van der Waals surface area contributed by atoms with Crippen molar-refractivity contribution in [3.63, 3.8) is 0 Å². The molecule has 0 spiro atoms. The molecule has 0 saturated heterocycles. The van der Waals surface area contributed by atoms with Crippen molar-refractivity contribution in [3.8, 4) is 11.5 Å². The zero-order chi connectivity index (χ0) is 12.4. The van der Waals surface area contributed by atoms with Gasteiger partial charge in [-0.25, -0.2) is 0 Å². The molecule has 0 saturated carbocycles. The maximum absolute atomic E-state index is 12.1. The van der Waals surface area contributed by atoms with E-state index in [4.69, 9.17) is 9.47 Å². The Hall–Kier alpha value is -1.03. The van der Waals surface area contributed by atoms with Gasteiger partial charge in [0.1, 0.15) is 0 Å². The van der Waals surface area contributed by atoms with Crippen LogP contribution in [0, 0.1) is 0 Å². The minimum atomic E-state index is 0.147. The highest BCUT2D eigenvalue weighted by atomic mass is 79.9. The van der Waals surface area contributed by atoms with Gasteiger partial charge >= 0.3 is 0 Å². The summed E-state index contributed by atoms with van der Waals surface area (Å²) in [5.74, 6) is 1.32. The van der Waals surface area contributed by atoms with Crippen molar-refractivity contribution in [3.05, 3.63) is 21.7 Å². The molecule has 0 amide bonds. The number of Topliss-reactive ketones (excluding diaryl/α,β-unsaturated/α-hetero) is 1. The number of hydrogen-bond donors (Lipinski definition) is 0. The van der Waals surface area contributed by atoms with Crippen molar-refractivity contribution >= 4 is 21.7 Å². The summed E-state index contributed by atoms with van der Waals surface area (Å²) in [5.41, 5.74) is 1.74. The predicted octanol–water partition coefficient (Wildman–Crippen LogP) is 3.38. The number of ketones is 1. The van der Waals surface area contributed by atoms with Gasteiger partial charge in [0, 0.05) is 10.9 Å².